The lowest BCUT2D eigenvalue weighted by molar-refractivity contribution is 0.0183. The second-order valence-corrected chi connectivity index (χ2v) is 12.0. The average Bonchev–Trinajstić information content (AvgIpc) is 2.82. The lowest BCUT2D eigenvalue weighted by Crippen LogP contribution is -2.48. The first-order chi connectivity index (χ1) is 15.3. The van der Waals surface area contributed by atoms with Gasteiger partial charge in [0, 0.05) is 12.4 Å². The molecular formula is C29H31N3. The van der Waals surface area contributed by atoms with E-state index in [1.165, 1.54) is 47.9 Å². The van der Waals surface area contributed by atoms with Crippen LogP contribution in [0.4, 0.5) is 0 Å². The van der Waals surface area contributed by atoms with Crippen LogP contribution >= 0.6 is 0 Å². The van der Waals surface area contributed by atoms with E-state index >= 15 is 0 Å². The van der Waals surface area contributed by atoms with Crippen molar-refractivity contribution >= 4 is 0 Å². The fourth-order valence-electron chi connectivity index (χ4n) is 7.31. The van der Waals surface area contributed by atoms with Gasteiger partial charge in [0.25, 0.3) is 0 Å². The maximum Gasteiger partial charge on any atom is 0.0894 e. The van der Waals surface area contributed by atoms with E-state index in [2.05, 4.69) is 70.4 Å². The predicted octanol–water partition coefficient (Wildman–Crippen LogP) is 6.58. The average molecular weight is 422 g/mol. The Morgan fingerprint density at radius 2 is 1.16 bits per heavy atom. The van der Waals surface area contributed by atoms with Crippen LogP contribution in [-0.4, -0.2) is 15.0 Å². The highest BCUT2D eigenvalue weighted by Crippen LogP contribution is 2.63. The molecule has 4 atom stereocenters. The highest BCUT2D eigenvalue weighted by atomic mass is 14.8. The van der Waals surface area contributed by atoms with Crippen molar-refractivity contribution in [3.05, 3.63) is 65.0 Å². The Morgan fingerprint density at radius 3 is 1.59 bits per heavy atom. The molecule has 0 amide bonds. The molecule has 32 heavy (non-hydrogen) atoms. The molecule has 0 aliphatic heterocycles. The number of hydrogen-bond donors (Lipinski definition) is 0. The van der Waals surface area contributed by atoms with E-state index < -0.39 is 0 Å². The zero-order valence-electron chi connectivity index (χ0n) is 19.5. The molecule has 2 fully saturated rings. The summed E-state index contributed by atoms with van der Waals surface area (Å²) in [6, 6.07) is 10.9. The van der Waals surface area contributed by atoms with Crippen LogP contribution in [-0.2, 0) is 12.8 Å². The van der Waals surface area contributed by atoms with Crippen molar-refractivity contribution in [3.63, 3.8) is 0 Å². The van der Waals surface area contributed by atoms with Gasteiger partial charge in [0.2, 0.25) is 0 Å². The Bertz CT molecular complexity index is 1180. The molecule has 3 heterocycles. The largest absolute Gasteiger partial charge is 0.254 e. The summed E-state index contributed by atoms with van der Waals surface area (Å²) in [5.41, 5.74) is 10.7. The predicted molar refractivity (Wildman–Crippen MR) is 127 cm³/mol. The molecule has 0 N–H and O–H groups in total. The standard InChI is InChI=1S/C29H31N3/c1-28(2)18-8-16-10-26(30-14-20(16)22(28)12-18)24-6-5-7-25(32-24)27-11-17-9-19-13-23(29(19,3)4)21(17)15-31-27/h5-7,10-11,14-15,18-19,22-23H,8-9,12-13H2,1-4H3. The molecule has 4 unspecified atom stereocenters. The van der Waals surface area contributed by atoms with E-state index in [0.29, 0.717) is 22.7 Å². The van der Waals surface area contributed by atoms with Gasteiger partial charge in [0.15, 0.2) is 0 Å². The van der Waals surface area contributed by atoms with Gasteiger partial charge in [-0.25, -0.2) is 4.98 Å². The van der Waals surface area contributed by atoms with Crippen molar-refractivity contribution < 1.29 is 0 Å². The lowest BCUT2D eigenvalue weighted by Gasteiger charge is -2.57. The Morgan fingerprint density at radius 1 is 0.688 bits per heavy atom. The van der Waals surface area contributed by atoms with Crippen LogP contribution in [0.1, 0.15) is 74.6 Å². The van der Waals surface area contributed by atoms with Gasteiger partial charge in [0.1, 0.15) is 0 Å². The van der Waals surface area contributed by atoms with Crippen molar-refractivity contribution in [2.45, 2.75) is 65.2 Å². The normalized spacial score (nSPS) is 29.9. The second-order valence-electron chi connectivity index (χ2n) is 12.0. The zero-order valence-corrected chi connectivity index (χ0v) is 19.5. The molecule has 6 aliphatic carbocycles. The first-order valence-electron chi connectivity index (χ1n) is 12.3. The van der Waals surface area contributed by atoms with Crippen LogP contribution in [0.3, 0.4) is 0 Å². The minimum absolute atomic E-state index is 0.433. The van der Waals surface area contributed by atoms with Gasteiger partial charge < -0.3 is 0 Å². The molecule has 4 bridgehead atoms. The molecule has 0 spiro atoms. The van der Waals surface area contributed by atoms with Gasteiger partial charge >= 0.3 is 0 Å². The summed E-state index contributed by atoms with van der Waals surface area (Å²) in [7, 11) is 0. The Balaban J connectivity index is 1.22. The maximum absolute atomic E-state index is 5.00. The first kappa shape index (κ1) is 19.0. The molecule has 3 aromatic heterocycles. The van der Waals surface area contributed by atoms with E-state index in [4.69, 9.17) is 15.0 Å². The zero-order chi connectivity index (χ0) is 21.8. The third-order valence-corrected chi connectivity index (χ3v) is 9.95. The monoisotopic (exact) mass is 421 g/mol. The van der Waals surface area contributed by atoms with Crippen LogP contribution in [0, 0.1) is 22.7 Å². The van der Waals surface area contributed by atoms with Crippen molar-refractivity contribution in [2.24, 2.45) is 22.7 Å². The van der Waals surface area contributed by atoms with Crippen molar-refractivity contribution in [2.75, 3.05) is 0 Å². The van der Waals surface area contributed by atoms with Crippen LogP contribution in [0.15, 0.2) is 42.7 Å². The first-order valence-corrected chi connectivity index (χ1v) is 12.3. The molecule has 162 valence electrons. The number of nitrogens with zero attached hydrogens (tertiary/aromatic N) is 3. The summed E-state index contributed by atoms with van der Waals surface area (Å²) < 4.78 is 0. The topological polar surface area (TPSA) is 38.7 Å². The molecule has 0 aromatic carbocycles. The smallest absolute Gasteiger partial charge is 0.0894 e. The summed E-state index contributed by atoms with van der Waals surface area (Å²) in [4.78, 5) is 14.7. The maximum atomic E-state index is 5.00. The minimum Gasteiger partial charge on any atom is -0.254 e. The van der Waals surface area contributed by atoms with Crippen LogP contribution in [0.25, 0.3) is 22.8 Å². The molecule has 9 rings (SSSR count). The lowest BCUT2D eigenvalue weighted by atomic mass is 9.47. The Hall–Kier alpha value is -2.55. The quantitative estimate of drug-likeness (QED) is 0.469. The summed E-state index contributed by atoms with van der Waals surface area (Å²) in [5.74, 6) is 2.97. The van der Waals surface area contributed by atoms with Crippen molar-refractivity contribution in [3.8, 4) is 22.8 Å². The third kappa shape index (κ3) is 2.40. The summed E-state index contributed by atoms with van der Waals surface area (Å²) in [5, 5.41) is 0. The van der Waals surface area contributed by atoms with Gasteiger partial charge in [-0.15, -0.1) is 0 Å². The van der Waals surface area contributed by atoms with Crippen LogP contribution in [0.5, 0.6) is 0 Å². The van der Waals surface area contributed by atoms with E-state index in [-0.39, 0.29) is 0 Å². The van der Waals surface area contributed by atoms with Gasteiger partial charge in [-0.2, -0.15) is 0 Å². The summed E-state index contributed by atoms with van der Waals surface area (Å²) >= 11 is 0. The van der Waals surface area contributed by atoms with E-state index in [1.54, 1.807) is 0 Å². The molecule has 0 saturated heterocycles. The summed E-state index contributed by atoms with van der Waals surface area (Å²) in [6.45, 7) is 9.68. The molecule has 2 saturated carbocycles. The number of aromatic nitrogens is 3. The second kappa shape index (κ2) is 6.07. The van der Waals surface area contributed by atoms with E-state index in [9.17, 15) is 0 Å². The van der Waals surface area contributed by atoms with Crippen LogP contribution in [0.2, 0.25) is 0 Å². The SMILES string of the molecule is CC1(C)C2Cc3cc(-c4cccc(-c5cc6c(cn5)C5CC(C6)C5(C)C)n4)ncc3C1C2. The van der Waals surface area contributed by atoms with Gasteiger partial charge in [-0.1, -0.05) is 33.8 Å². The molecule has 0 radical (unpaired) electrons. The Kier molecular flexibility index (Phi) is 3.60. The summed E-state index contributed by atoms with van der Waals surface area (Å²) in [6.07, 6.45) is 9.28. The van der Waals surface area contributed by atoms with Gasteiger partial charge in [0.05, 0.1) is 22.8 Å². The van der Waals surface area contributed by atoms with Crippen molar-refractivity contribution in [1.82, 2.24) is 15.0 Å². The number of rotatable bonds is 2. The van der Waals surface area contributed by atoms with E-state index in [1.807, 2.05) is 0 Å². The minimum atomic E-state index is 0.433. The van der Waals surface area contributed by atoms with Crippen LogP contribution < -0.4 is 0 Å². The Labute approximate surface area is 190 Å². The highest BCUT2D eigenvalue weighted by Gasteiger charge is 2.53. The molecule has 3 nitrogen and oxygen atoms in total. The number of hydrogen-bond acceptors (Lipinski definition) is 3. The van der Waals surface area contributed by atoms with Gasteiger partial charge in [-0.3, -0.25) is 9.97 Å². The fraction of sp³-hybridized carbons (Fsp3) is 0.483. The molecule has 6 aliphatic rings. The highest BCUT2D eigenvalue weighted by molar-refractivity contribution is 5.64. The van der Waals surface area contributed by atoms with Crippen molar-refractivity contribution in [1.29, 1.82) is 0 Å². The van der Waals surface area contributed by atoms with E-state index in [0.717, 1.165) is 34.6 Å². The molecular weight excluding hydrogens is 390 g/mol. The number of pyridine rings is 3. The third-order valence-electron chi connectivity index (χ3n) is 9.95. The fourth-order valence-corrected chi connectivity index (χ4v) is 7.31. The molecule has 3 aromatic rings. The van der Waals surface area contributed by atoms with Gasteiger partial charge in [-0.05, 0) is 107 Å². The molecule has 3 heteroatoms.